The number of nitrogens with one attached hydrogen (secondary N) is 2. The van der Waals surface area contributed by atoms with Gasteiger partial charge in [0.05, 0.1) is 22.1 Å². The van der Waals surface area contributed by atoms with Gasteiger partial charge in [0.2, 0.25) is 0 Å². The van der Waals surface area contributed by atoms with E-state index in [0.717, 1.165) is 46.6 Å². The van der Waals surface area contributed by atoms with Crippen LogP contribution in [0.2, 0.25) is 0 Å². The van der Waals surface area contributed by atoms with Gasteiger partial charge in [0.25, 0.3) is 0 Å². The standard InChI is InChI=1S/C30H42N4/c1(3-5-7-9-11-13-23-29-31-25-19-15-16-20-26(25)32-29)2-4-6-8-10-12-14-24-30-33-27-21-17-18-22-28(27)34-30/h15-22H,1-14,23-24H2,(H,31,32)(H,33,34). The van der Waals surface area contributed by atoms with E-state index in [0.29, 0.717) is 0 Å². The third-order valence-corrected chi connectivity index (χ3v) is 6.95. The minimum absolute atomic E-state index is 1.08. The van der Waals surface area contributed by atoms with Crippen LogP contribution < -0.4 is 0 Å². The number of imidazole rings is 2. The van der Waals surface area contributed by atoms with Gasteiger partial charge in [-0.25, -0.2) is 9.97 Å². The molecule has 182 valence electrons. The Morgan fingerprint density at radius 2 is 0.735 bits per heavy atom. The third-order valence-electron chi connectivity index (χ3n) is 6.95. The summed E-state index contributed by atoms with van der Waals surface area (Å²) in [4.78, 5) is 16.2. The van der Waals surface area contributed by atoms with Crippen molar-refractivity contribution in [2.24, 2.45) is 0 Å². The summed E-state index contributed by atoms with van der Waals surface area (Å²) < 4.78 is 0. The number of unbranched alkanes of at least 4 members (excludes halogenated alkanes) is 13. The number of rotatable bonds is 17. The van der Waals surface area contributed by atoms with E-state index in [4.69, 9.17) is 0 Å². The molecule has 0 spiro atoms. The number of fused-ring (bicyclic) bond motifs is 2. The van der Waals surface area contributed by atoms with E-state index in [1.54, 1.807) is 0 Å². The second-order valence-electron chi connectivity index (χ2n) is 9.85. The van der Waals surface area contributed by atoms with Crippen molar-refractivity contribution in [3.05, 3.63) is 60.2 Å². The van der Waals surface area contributed by atoms with Crippen LogP contribution in [0.3, 0.4) is 0 Å². The zero-order valence-electron chi connectivity index (χ0n) is 20.8. The Morgan fingerprint density at radius 3 is 1.09 bits per heavy atom. The number of benzene rings is 2. The monoisotopic (exact) mass is 458 g/mol. The summed E-state index contributed by atoms with van der Waals surface area (Å²) in [5.41, 5.74) is 4.51. The van der Waals surface area contributed by atoms with Crippen molar-refractivity contribution in [2.45, 2.75) is 103 Å². The smallest absolute Gasteiger partial charge is 0.107 e. The first-order valence-electron chi connectivity index (χ1n) is 13.8. The molecule has 0 aliphatic carbocycles. The van der Waals surface area contributed by atoms with Gasteiger partial charge in [-0.05, 0) is 37.1 Å². The lowest BCUT2D eigenvalue weighted by Gasteiger charge is -2.03. The Kier molecular flexibility index (Phi) is 10.0. The van der Waals surface area contributed by atoms with Gasteiger partial charge >= 0.3 is 0 Å². The molecule has 4 aromatic rings. The van der Waals surface area contributed by atoms with Gasteiger partial charge < -0.3 is 9.97 Å². The van der Waals surface area contributed by atoms with Crippen LogP contribution in [0, 0.1) is 0 Å². The maximum absolute atomic E-state index is 4.68. The molecular formula is C30H42N4. The van der Waals surface area contributed by atoms with E-state index >= 15 is 0 Å². The Morgan fingerprint density at radius 1 is 0.412 bits per heavy atom. The van der Waals surface area contributed by atoms with E-state index < -0.39 is 0 Å². The van der Waals surface area contributed by atoms with Crippen molar-refractivity contribution in [1.82, 2.24) is 19.9 Å². The van der Waals surface area contributed by atoms with Crippen molar-refractivity contribution in [1.29, 1.82) is 0 Å². The maximum atomic E-state index is 4.68. The summed E-state index contributed by atoms with van der Waals surface area (Å²) in [7, 11) is 0. The molecule has 0 saturated carbocycles. The SMILES string of the molecule is c1ccc2[nH]c(CCCCCCCCCCCCCCCCc3nc4ccccc4[nH]3)nc2c1. The zero-order valence-corrected chi connectivity index (χ0v) is 20.8. The number of H-pyrrole nitrogens is 2. The van der Waals surface area contributed by atoms with E-state index in [1.807, 2.05) is 0 Å². The van der Waals surface area contributed by atoms with Gasteiger partial charge in [0.15, 0.2) is 0 Å². The third kappa shape index (κ3) is 8.00. The molecule has 2 N–H and O–H groups in total. The molecule has 0 saturated heterocycles. The highest BCUT2D eigenvalue weighted by atomic mass is 14.9. The van der Waals surface area contributed by atoms with E-state index in [9.17, 15) is 0 Å². The number of nitrogens with zero attached hydrogens (tertiary/aromatic N) is 2. The van der Waals surface area contributed by atoms with Crippen LogP contribution >= 0.6 is 0 Å². The zero-order chi connectivity index (χ0) is 23.3. The summed E-state index contributed by atoms with van der Waals surface area (Å²) in [6.07, 6.45) is 21.3. The summed E-state index contributed by atoms with van der Waals surface area (Å²) in [5, 5.41) is 0. The fraction of sp³-hybridized carbons (Fsp3) is 0.533. The van der Waals surface area contributed by atoms with E-state index in [1.165, 1.54) is 89.9 Å². The highest BCUT2D eigenvalue weighted by Crippen LogP contribution is 2.16. The number of aryl methyl sites for hydroxylation is 2. The second kappa shape index (κ2) is 13.9. The molecule has 0 aliphatic rings. The first-order valence-corrected chi connectivity index (χ1v) is 13.8. The number of aromatic amines is 2. The lowest BCUT2D eigenvalue weighted by atomic mass is 10.0. The Hall–Kier alpha value is -2.62. The number of hydrogen-bond acceptors (Lipinski definition) is 2. The van der Waals surface area contributed by atoms with E-state index in [2.05, 4.69) is 68.5 Å². The molecule has 0 fully saturated rings. The number of aromatic nitrogens is 4. The average molecular weight is 459 g/mol. The molecule has 0 aliphatic heterocycles. The van der Waals surface area contributed by atoms with Gasteiger partial charge in [-0.2, -0.15) is 0 Å². The Balaban J connectivity index is 0.897. The maximum Gasteiger partial charge on any atom is 0.107 e. The lowest BCUT2D eigenvalue weighted by Crippen LogP contribution is -1.89. The molecule has 34 heavy (non-hydrogen) atoms. The molecule has 2 aromatic carbocycles. The number of para-hydroxylation sites is 4. The van der Waals surface area contributed by atoms with Gasteiger partial charge in [0, 0.05) is 12.8 Å². The first kappa shape index (κ1) is 24.5. The minimum Gasteiger partial charge on any atom is -0.342 e. The molecule has 4 heteroatoms. The van der Waals surface area contributed by atoms with Crippen LogP contribution in [0.4, 0.5) is 0 Å². The fourth-order valence-corrected chi connectivity index (χ4v) is 4.95. The molecule has 0 radical (unpaired) electrons. The number of hydrogen-bond donors (Lipinski definition) is 2. The van der Waals surface area contributed by atoms with Crippen LogP contribution in [0.1, 0.15) is 102 Å². The lowest BCUT2D eigenvalue weighted by molar-refractivity contribution is 0.532. The summed E-state index contributed by atoms with van der Waals surface area (Å²) in [6.45, 7) is 0. The minimum atomic E-state index is 1.08. The van der Waals surface area contributed by atoms with Crippen molar-refractivity contribution >= 4 is 22.1 Å². The predicted molar refractivity (Wildman–Crippen MR) is 144 cm³/mol. The second-order valence-corrected chi connectivity index (χ2v) is 9.85. The van der Waals surface area contributed by atoms with Gasteiger partial charge in [0.1, 0.15) is 11.6 Å². The summed E-state index contributed by atoms with van der Waals surface area (Å²) in [6, 6.07) is 16.6. The molecule has 0 amide bonds. The topological polar surface area (TPSA) is 57.4 Å². The van der Waals surface area contributed by atoms with Crippen LogP contribution in [-0.2, 0) is 12.8 Å². The van der Waals surface area contributed by atoms with Crippen molar-refractivity contribution < 1.29 is 0 Å². The molecular weight excluding hydrogens is 416 g/mol. The van der Waals surface area contributed by atoms with Gasteiger partial charge in [-0.1, -0.05) is 101 Å². The van der Waals surface area contributed by atoms with Crippen molar-refractivity contribution in [2.75, 3.05) is 0 Å². The quantitative estimate of drug-likeness (QED) is 0.155. The van der Waals surface area contributed by atoms with Gasteiger partial charge in [-0.3, -0.25) is 0 Å². The predicted octanol–water partition coefficient (Wildman–Crippen LogP) is 8.69. The molecule has 4 nitrogen and oxygen atoms in total. The summed E-state index contributed by atoms with van der Waals surface area (Å²) in [5.74, 6) is 2.29. The van der Waals surface area contributed by atoms with Crippen LogP contribution in [0.25, 0.3) is 22.1 Å². The van der Waals surface area contributed by atoms with Crippen molar-refractivity contribution in [3.63, 3.8) is 0 Å². The molecule has 2 aromatic heterocycles. The summed E-state index contributed by atoms with van der Waals surface area (Å²) >= 11 is 0. The average Bonchev–Trinajstić information content (AvgIpc) is 3.47. The fourth-order valence-electron chi connectivity index (χ4n) is 4.95. The largest absolute Gasteiger partial charge is 0.342 e. The normalized spacial score (nSPS) is 11.6. The Labute approximate surface area is 205 Å². The molecule has 2 heterocycles. The van der Waals surface area contributed by atoms with Crippen molar-refractivity contribution in [3.8, 4) is 0 Å². The Bertz CT molecular complexity index is 939. The molecule has 4 rings (SSSR count). The molecule has 0 unspecified atom stereocenters. The highest BCUT2D eigenvalue weighted by Gasteiger charge is 2.03. The molecule has 0 bridgehead atoms. The molecule has 0 atom stereocenters. The highest BCUT2D eigenvalue weighted by molar-refractivity contribution is 5.75. The van der Waals surface area contributed by atoms with Crippen LogP contribution in [-0.4, -0.2) is 19.9 Å². The van der Waals surface area contributed by atoms with Gasteiger partial charge in [-0.15, -0.1) is 0 Å². The van der Waals surface area contributed by atoms with Crippen LogP contribution in [0.5, 0.6) is 0 Å². The van der Waals surface area contributed by atoms with Crippen LogP contribution in [0.15, 0.2) is 48.5 Å². The van der Waals surface area contributed by atoms with E-state index in [-0.39, 0.29) is 0 Å². The first-order chi connectivity index (χ1) is 16.9.